The molecule has 1 unspecified atom stereocenters. The van der Waals surface area contributed by atoms with Crippen molar-refractivity contribution in [3.05, 3.63) is 35.9 Å². The van der Waals surface area contributed by atoms with Crippen molar-refractivity contribution in [1.82, 2.24) is 0 Å². The second-order valence-corrected chi connectivity index (χ2v) is 3.79. The van der Waals surface area contributed by atoms with Crippen molar-refractivity contribution in [3.63, 3.8) is 0 Å². The van der Waals surface area contributed by atoms with Crippen LogP contribution in [0.3, 0.4) is 0 Å². The van der Waals surface area contributed by atoms with Gasteiger partial charge in [0.1, 0.15) is 0 Å². The molecule has 0 aliphatic heterocycles. The van der Waals surface area contributed by atoms with E-state index in [0.29, 0.717) is 0 Å². The van der Waals surface area contributed by atoms with Gasteiger partial charge in [0.25, 0.3) is 0 Å². The lowest BCUT2D eigenvalue weighted by Crippen LogP contribution is -2.18. The summed E-state index contributed by atoms with van der Waals surface area (Å²) >= 11 is 4.33. The lowest BCUT2D eigenvalue weighted by atomic mass is 10.0. The molecule has 1 atom stereocenters. The van der Waals surface area contributed by atoms with Crippen molar-refractivity contribution in [2.24, 2.45) is 0 Å². The number of hydrogen-bond donors (Lipinski definition) is 2. The van der Waals surface area contributed by atoms with Gasteiger partial charge in [-0.25, -0.2) is 0 Å². The van der Waals surface area contributed by atoms with E-state index in [1.54, 1.807) is 0 Å². The first-order valence-electron chi connectivity index (χ1n) is 3.55. The largest absolute Gasteiger partial charge is 0.395 e. The van der Waals surface area contributed by atoms with E-state index in [-0.39, 0.29) is 6.61 Å². The van der Waals surface area contributed by atoms with Gasteiger partial charge in [-0.05, 0) is 12.5 Å². The predicted molar refractivity (Wildman–Crippen MR) is 49.9 cm³/mol. The van der Waals surface area contributed by atoms with Crippen molar-refractivity contribution in [1.29, 1.82) is 0 Å². The first-order valence-corrected chi connectivity index (χ1v) is 4.00. The lowest BCUT2D eigenvalue weighted by molar-refractivity contribution is 0.259. The molecule has 0 spiro atoms. The molecule has 1 rings (SSSR count). The van der Waals surface area contributed by atoms with Crippen molar-refractivity contribution in [3.8, 4) is 0 Å². The molecule has 0 radical (unpaired) electrons. The van der Waals surface area contributed by atoms with E-state index < -0.39 is 4.75 Å². The molecule has 0 amide bonds. The third kappa shape index (κ3) is 1.98. The molecule has 60 valence electrons. The van der Waals surface area contributed by atoms with Crippen LogP contribution in [0.25, 0.3) is 0 Å². The van der Waals surface area contributed by atoms with Crippen LogP contribution in [0.1, 0.15) is 12.5 Å². The first-order chi connectivity index (χ1) is 5.17. The van der Waals surface area contributed by atoms with E-state index >= 15 is 0 Å². The maximum absolute atomic E-state index is 8.97. The molecule has 2 heteroatoms. The number of benzene rings is 1. The quantitative estimate of drug-likeness (QED) is 0.645. The second-order valence-electron chi connectivity index (χ2n) is 2.80. The highest BCUT2D eigenvalue weighted by Gasteiger charge is 2.19. The Morgan fingerprint density at radius 3 is 2.36 bits per heavy atom. The topological polar surface area (TPSA) is 20.2 Å². The molecule has 0 aromatic heterocycles. The summed E-state index contributed by atoms with van der Waals surface area (Å²) in [5.74, 6) is 0. The van der Waals surface area contributed by atoms with E-state index in [9.17, 15) is 0 Å². The minimum atomic E-state index is -0.415. The molecule has 1 aromatic carbocycles. The Morgan fingerprint density at radius 2 is 1.91 bits per heavy atom. The van der Waals surface area contributed by atoms with E-state index in [0.717, 1.165) is 5.56 Å². The molecular weight excluding hydrogens is 156 g/mol. The molecule has 11 heavy (non-hydrogen) atoms. The van der Waals surface area contributed by atoms with Gasteiger partial charge in [-0.2, -0.15) is 12.6 Å². The Labute approximate surface area is 72.5 Å². The molecule has 0 saturated carbocycles. The van der Waals surface area contributed by atoms with Gasteiger partial charge >= 0.3 is 0 Å². The number of aliphatic hydroxyl groups excluding tert-OH is 1. The van der Waals surface area contributed by atoms with Crippen LogP contribution in [0, 0.1) is 0 Å². The molecule has 0 fully saturated rings. The van der Waals surface area contributed by atoms with Crippen LogP contribution in [-0.2, 0) is 4.75 Å². The average Bonchev–Trinajstić information content (AvgIpc) is 2.06. The molecule has 1 nitrogen and oxygen atoms in total. The second kappa shape index (κ2) is 3.28. The van der Waals surface area contributed by atoms with Crippen LogP contribution >= 0.6 is 12.6 Å². The van der Waals surface area contributed by atoms with Crippen molar-refractivity contribution >= 4 is 12.6 Å². The van der Waals surface area contributed by atoms with Crippen molar-refractivity contribution in [2.45, 2.75) is 11.7 Å². The fraction of sp³-hybridized carbons (Fsp3) is 0.333. The zero-order valence-electron chi connectivity index (χ0n) is 6.49. The van der Waals surface area contributed by atoms with Gasteiger partial charge < -0.3 is 5.11 Å². The molecular formula is C9H12OS. The molecule has 1 N–H and O–H groups in total. The van der Waals surface area contributed by atoms with Gasteiger partial charge in [0.05, 0.1) is 11.4 Å². The van der Waals surface area contributed by atoms with Crippen LogP contribution in [0.5, 0.6) is 0 Å². The zero-order valence-corrected chi connectivity index (χ0v) is 7.38. The van der Waals surface area contributed by atoms with Crippen molar-refractivity contribution < 1.29 is 5.11 Å². The Bertz CT molecular complexity index is 218. The molecule has 0 aliphatic rings. The summed E-state index contributed by atoms with van der Waals surface area (Å²) in [6, 6.07) is 9.76. The van der Waals surface area contributed by atoms with E-state index in [1.807, 2.05) is 37.3 Å². The summed E-state index contributed by atoms with van der Waals surface area (Å²) < 4.78 is -0.415. The smallest absolute Gasteiger partial charge is 0.0614 e. The third-order valence-corrected chi connectivity index (χ3v) is 2.10. The maximum atomic E-state index is 8.97. The van der Waals surface area contributed by atoms with Gasteiger partial charge in [-0.15, -0.1) is 0 Å². The van der Waals surface area contributed by atoms with Crippen molar-refractivity contribution in [2.75, 3.05) is 6.61 Å². The highest BCUT2D eigenvalue weighted by Crippen LogP contribution is 2.26. The van der Waals surface area contributed by atoms with Gasteiger partial charge in [-0.1, -0.05) is 30.3 Å². The summed E-state index contributed by atoms with van der Waals surface area (Å²) in [7, 11) is 0. The van der Waals surface area contributed by atoms with Crippen LogP contribution in [0.4, 0.5) is 0 Å². The third-order valence-electron chi connectivity index (χ3n) is 1.70. The normalized spacial score (nSPS) is 15.9. The molecule has 1 aromatic rings. The molecule has 0 heterocycles. The van der Waals surface area contributed by atoms with E-state index in [2.05, 4.69) is 12.6 Å². The number of hydrogen-bond acceptors (Lipinski definition) is 2. The fourth-order valence-electron chi connectivity index (χ4n) is 0.888. The lowest BCUT2D eigenvalue weighted by Gasteiger charge is -2.20. The van der Waals surface area contributed by atoms with Crippen LogP contribution in [0.15, 0.2) is 30.3 Å². The summed E-state index contributed by atoms with van der Waals surface area (Å²) in [4.78, 5) is 0. The number of rotatable bonds is 2. The summed E-state index contributed by atoms with van der Waals surface area (Å²) in [5.41, 5.74) is 1.05. The Balaban J connectivity index is 2.93. The minimum absolute atomic E-state index is 0.0557. The predicted octanol–water partition coefficient (Wildman–Crippen LogP) is 1.82. The Kier molecular flexibility index (Phi) is 2.58. The summed E-state index contributed by atoms with van der Waals surface area (Å²) in [6.45, 7) is 1.95. The minimum Gasteiger partial charge on any atom is -0.395 e. The number of thiol groups is 1. The van der Waals surface area contributed by atoms with E-state index in [1.165, 1.54) is 0 Å². The highest BCUT2D eigenvalue weighted by molar-refractivity contribution is 7.81. The van der Waals surface area contributed by atoms with Crippen LogP contribution < -0.4 is 0 Å². The number of aliphatic hydroxyl groups is 1. The Hall–Kier alpha value is -0.470. The van der Waals surface area contributed by atoms with Crippen LogP contribution in [-0.4, -0.2) is 11.7 Å². The standard InChI is InChI=1S/C9H12OS/c1-9(11,7-10)8-5-3-2-4-6-8/h2-6,10-11H,7H2,1H3. The molecule has 0 aliphatic carbocycles. The highest BCUT2D eigenvalue weighted by atomic mass is 32.1. The first kappa shape index (κ1) is 8.62. The summed E-state index contributed by atoms with van der Waals surface area (Å²) in [6.07, 6.45) is 0. The summed E-state index contributed by atoms with van der Waals surface area (Å²) in [5, 5.41) is 8.97. The van der Waals surface area contributed by atoms with E-state index in [4.69, 9.17) is 5.11 Å². The van der Waals surface area contributed by atoms with Gasteiger partial charge in [0.15, 0.2) is 0 Å². The van der Waals surface area contributed by atoms with Gasteiger partial charge in [-0.3, -0.25) is 0 Å². The van der Waals surface area contributed by atoms with Crippen LogP contribution in [0.2, 0.25) is 0 Å². The fourth-order valence-corrected chi connectivity index (χ4v) is 1.04. The zero-order chi connectivity index (χ0) is 8.32. The average molecular weight is 168 g/mol. The maximum Gasteiger partial charge on any atom is 0.0614 e. The SMILES string of the molecule is CC(S)(CO)c1ccccc1. The molecule has 0 bridgehead atoms. The Morgan fingerprint density at radius 1 is 1.36 bits per heavy atom. The van der Waals surface area contributed by atoms with Gasteiger partial charge in [0.2, 0.25) is 0 Å². The molecule has 0 saturated heterocycles. The van der Waals surface area contributed by atoms with Gasteiger partial charge in [0, 0.05) is 0 Å². The monoisotopic (exact) mass is 168 g/mol.